The summed E-state index contributed by atoms with van der Waals surface area (Å²) in [5.74, 6) is -0.939. The summed E-state index contributed by atoms with van der Waals surface area (Å²) in [6.45, 7) is 2.07. The van der Waals surface area contributed by atoms with E-state index in [1.807, 2.05) is 30.3 Å². The minimum Gasteiger partial charge on any atom is -0.465 e. The molecule has 0 N–H and O–H groups in total. The first kappa shape index (κ1) is 17.2. The minimum atomic E-state index is -0.756. The van der Waals surface area contributed by atoms with Crippen LogP contribution in [0.4, 0.5) is 0 Å². The molecule has 0 amide bonds. The summed E-state index contributed by atoms with van der Waals surface area (Å²) in [6, 6.07) is 9.84. The zero-order valence-electron chi connectivity index (χ0n) is 14.3. The topological polar surface area (TPSA) is 52.6 Å². The van der Waals surface area contributed by atoms with Gasteiger partial charge in [-0.2, -0.15) is 0 Å². The lowest BCUT2D eigenvalue weighted by atomic mass is 9.76. The molecule has 1 saturated carbocycles. The molecule has 1 unspecified atom stereocenters. The van der Waals surface area contributed by atoms with Crippen molar-refractivity contribution in [3.63, 3.8) is 0 Å². The Kier molecular flexibility index (Phi) is 5.67. The highest BCUT2D eigenvalue weighted by Crippen LogP contribution is 2.40. The lowest BCUT2D eigenvalue weighted by Crippen LogP contribution is -2.47. The van der Waals surface area contributed by atoms with E-state index in [0.29, 0.717) is 6.61 Å². The average Bonchev–Trinajstić information content (AvgIpc) is 2.62. The maximum absolute atomic E-state index is 12.8. The van der Waals surface area contributed by atoms with Crippen LogP contribution in [0.3, 0.4) is 0 Å². The van der Waals surface area contributed by atoms with Gasteiger partial charge in [-0.1, -0.05) is 49.6 Å². The van der Waals surface area contributed by atoms with Gasteiger partial charge in [0.2, 0.25) is 0 Å². The number of carbonyl (C=O) groups excluding carboxylic acids is 2. The van der Waals surface area contributed by atoms with E-state index in [-0.39, 0.29) is 30.3 Å². The predicted octanol–water partition coefficient (Wildman–Crippen LogP) is 3.85. The molecule has 4 heteroatoms. The number of hydrogen-bond donors (Lipinski definition) is 0. The Labute approximate surface area is 143 Å². The van der Waals surface area contributed by atoms with Crippen molar-refractivity contribution < 1.29 is 19.1 Å². The van der Waals surface area contributed by atoms with E-state index in [1.165, 1.54) is 6.42 Å². The minimum absolute atomic E-state index is 0.0378. The molecule has 4 nitrogen and oxygen atoms in total. The predicted molar refractivity (Wildman–Crippen MR) is 90.4 cm³/mol. The number of Topliss-reactive ketones (excluding diaryl/α,β-unsaturated/α-hetero) is 1. The third-order valence-corrected chi connectivity index (χ3v) is 5.21. The molecule has 1 saturated heterocycles. The highest BCUT2D eigenvalue weighted by Gasteiger charge is 2.46. The van der Waals surface area contributed by atoms with Gasteiger partial charge in [-0.15, -0.1) is 0 Å². The first-order valence-electron chi connectivity index (χ1n) is 9.10. The van der Waals surface area contributed by atoms with Gasteiger partial charge >= 0.3 is 5.97 Å². The van der Waals surface area contributed by atoms with Crippen molar-refractivity contribution >= 4 is 11.8 Å². The Bertz CT molecular complexity index is 562. The van der Waals surface area contributed by atoms with Crippen LogP contribution in [0.1, 0.15) is 57.1 Å². The summed E-state index contributed by atoms with van der Waals surface area (Å²) >= 11 is 0. The highest BCUT2D eigenvalue weighted by atomic mass is 16.5. The number of carbonyl (C=O) groups is 2. The summed E-state index contributed by atoms with van der Waals surface area (Å²) in [5.41, 5.74) is 1.01. The van der Waals surface area contributed by atoms with Crippen LogP contribution < -0.4 is 0 Å². The van der Waals surface area contributed by atoms with Crippen LogP contribution in [0, 0.1) is 11.8 Å². The molecule has 1 aliphatic heterocycles. The van der Waals surface area contributed by atoms with Crippen LogP contribution in [-0.2, 0) is 19.1 Å². The van der Waals surface area contributed by atoms with Crippen LogP contribution in [0.15, 0.2) is 30.3 Å². The van der Waals surface area contributed by atoms with Gasteiger partial charge in [0.05, 0.1) is 18.8 Å². The van der Waals surface area contributed by atoms with Gasteiger partial charge in [-0.25, -0.2) is 0 Å². The normalized spacial score (nSPS) is 28.5. The Morgan fingerprint density at radius 1 is 1.17 bits per heavy atom. The van der Waals surface area contributed by atoms with Crippen molar-refractivity contribution in [2.24, 2.45) is 11.8 Å². The third kappa shape index (κ3) is 3.69. The van der Waals surface area contributed by atoms with Gasteiger partial charge < -0.3 is 9.47 Å². The molecule has 2 fully saturated rings. The van der Waals surface area contributed by atoms with E-state index in [4.69, 9.17) is 9.47 Å². The van der Waals surface area contributed by atoms with Crippen molar-refractivity contribution in [3.05, 3.63) is 35.9 Å². The second-order valence-corrected chi connectivity index (χ2v) is 6.80. The fourth-order valence-corrected chi connectivity index (χ4v) is 4.02. The molecular formula is C20H26O4. The number of benzene rings is 1. The van der Waals surface area contributed by atoms with Crippen LogP contribution in [-0.4, -0.2) is 24.5 Å². The van der Waals surface area contributed by atoms with E-state index in [1.54, 1.807) is 6.92 Å². The van der Waals surface area contributed by atoms with Crippen molar-refractivity contribution in [1.29, 1.82) is 0 Å². The summed E-state index contributed by atoms with van der Waals surface area (Å²) in [7, 11) is 0. The SMILES string of the molecule is CCOC(=O)C1C(=O)C[C@@H](c2ccccc2)O[C@H]1C1CCCCC1. The fourth-order valence-electron chi connectivity index (χ4n) is 4.02. The first-order valence-corrected chi connectivity index (χ1v) is 9.10. The van der Waals surface area contributed by atoms with E-state index >= 15 is 0 Å². The van der Waals surface area contributed by atoms with Crippen molar-refractivity contribution in [2.45, 2.75) is 57.7 Å². The standard InChI is InChI=1S/C20H26O4/c1-2-23-20(22)18-16(21)13-17(14-9-5-3-6-10-14)24-19(18)15-11-7-4-8-12-15/h3,5-6,9-10,15,17-19H,2,4,7-8,11-13H2,1H3/t17-,18?,19-/m0/s1. The zero-order chi connectivity index (χ0) is 16.9. The van der Waals surface area contributed by atoms with Gasteiger partial charge in [-0.05, 0) is 31.2 Å². The summed E-state index contributed by atoms with van der Waals surface area (Å²) < 4.78 is 11.5. The quantitative estimate of drug-likeness (QED) is 0.621. The number of ketones is 1. The van der Waals surface area contributed by atoms with E-state index in [0.717, 1.165) is 31.2 Å². The molecule has 130 valence electrons. The summed E-state index contributed by atoms with van der Waals surface area (Å²) in [5, 5.41) is 0. The molecule has 0 aromatic heterocycles. The molecule has 0 bridgehead atoms. The van der Waals surface area contributed by atoms with Gasteiger partial charge in [0.15, 0.2) is 5.78 Å². The second kappa shape index (κ2) is 7.93. The summed E-state index contributed by atoms with van der Waals surface area (Å²) in [6.07, 6.45) is 5.20. The number of esters is 1. The molecule has 3 rings (SSSR count). The van der Waals surface area contributed by atoms with E-state index in [2.05, 4.69) is 0 Å². The number of rotatable bonds is 4. The van der Waals surface area contributed by atoms with Crippen LogP contribution >= 0.6 is 0 Å². The Hall–Kier alpha value is -1.68. The van der Waals surface area contributed by atoms with Crippen LogP contribution in [0.5, 0.6) is 0 Å². The number of hydrogen-bond acceptors (Lipinski definition) is 4. The van der Waals surface area contributed by atoms with Crippen molar-refractivity contribution in [1.82, 2.24) is 0 Å². The first-order chi connectivity index (χ1) is 11.7. The maximum Gasteiger partial charge on any atom is 0.319 e. The van der Waals surface area contributed by atoms with Gasteiger partial charge in [0, 0.05) is 6.42 Å². The Balaban J connectivity index is 1.84. The van der Waals surface area contributed by atoms with Gasteiger partial charge in [0.1, 0.15) is 5.92 Å². The molecule has 24 heavy (non-hydrogen) atoms. The van der Waals surface area contributed by atoms with E-state index < -0.39 is 11.9 Å². The molecule has 0 spiro atoms. The molecule has 1 aromatic carbocycles. The Morgan fingerprint density at radius 3 is 2.54 bits per heavy atom. The maximum atomic E-state index is 12.8. The third-order valence-electron chi connectivity index (χ3n) is 5.21. The monoisotopic (exact) mass is 330 g/mol. The smallest absolute Gasteiger partial charge is 0.319 e. The molecule has 2 aliphatic rings. The molecular weight excluding hydrogens is 304 g/mol. The second-order valence-electron chi connectivity index (χ2n) is 6.80. The molecule has 1 heterocycles. The number of ether oxygens (including phenoxy) is 2. The van der Waals surface area contributed by atoms with E-state index in [9.17, 15) is 9.59 Å². The van der Waals surface area contributed by atoms with Gasteiger partial charge in [-0.3, -0.25) is 9.59 Å². The molecule has 3 atom stereocenters. The molecule has 1 aliphatic carbocycles. The van der Waals surface area contributed by atoms with Gasteiger partial charge in [0.25, 0.3) is 0 Å². The molecule has 0 radical (unpaired) electrons. The van der Waals surface area contributed by atoms with Crippen LogP contribution in [0.2, 0.25) is 0 Å². The zero-order valence-corrected chi connectivity index (χ0v) is 14.3. The Morgan fingerprint density at radius 2 is 1.88 bits per heavy atom. The van der Waals surface area contributed by atoms with Crippen molar-refractivity contribution in [2.75, 3.05) is 6.61 Å². The van der Waals surface area contributed by atoms with Crippen LogP contribution in [0.25, 0.3) is 0 Å². The average molecular weight is 330 g/mol. The molecule has 1 aromatic rings. The summed E-state index contributed by atoms with van der Waals surface area (Å²) in [4.78, 5) is 25.1. The van der Waals surface area contributed by atoms with Crippen molar-refractivity contribution in [3.8, 4) is 0 Å². The largest absolute Gasteiger partial charge is 0.465 e. The fraction of sp³-hybridized carbons (Fsp3) is 0.600. The highest BCUT2D eigenvalue weighted by molar-refractivity contribution is 6.00. The lowest BCUT2D eigenvalue weighted by Gasteiger charge is -2.40. The lowest BCUT2D eigenvalue weighted by molar-refractivity contribution is -0.175.